The van der Waals surface area contributed by atoms with Crippen LogP contribution < -0.4 is 11.1 Å². The SMILES string of the molecule is Nc1n[nH]c(-c2ccnc(Nc3nn[nH]n3)c2)n1. The molecule has 0 fully saturated rings. The number of anilines is 3. The normalized spacial score (nSPS) is 10.4. The van der Waals surface area contributed by atoms with E-state index in [0.29, 0.717) is 17.6 Å². The van der Waals surface area contributed by atoms with Crippen LogP contribution in [0.25, 0.3) is 11.4 Å². The minimum atomic E-state index is 0.189. The van der Waals surface area contributed by atoms with Crippen LogP contribution in [-0.4, -0.2) is 40.8 Å². The van der Waals surface area contributed by atoms with Gasteiger partial charge in [-0.2, -0.15) is 10.2 Å². The van der Waals surface area contributed by atoms with Crippen molar-refractivity contribution in [2.75, 3.05) is 11.1 Å². The Balaban J connectivity index is 1.89. The van der Waals surface area contributed by atoms with Crippen LogP contribution in [0.4, 0.5) is 17.7 Å². The zero-order valence-electron chi connectivity index (χ0n) is 8.99. The monoisotopic (exact) mass is 244 g/mol. The summed E-state index contributed by atoms with van der Waals surface area (Å²) in [6.07, 6.45) is 1.62. The molecule has 0 unspecified atom stereocenters. The smallest absolute Gasteiger partial charge is 0.268 e. The Morgan fingerprint density at radius 2 is 2.22 bits per heavy atom. The van der Waals surface area contributed by atoms with Crippen molar-refractivity contribution in [2.24, 2.45) is 0 Å². The molecular formula is C8H8N10. The van der Waals surface area contributed by atoms with Gasteiger partial charge in [-0.3, -0.25) is 5.10 Å². The molecule has 0 aliphatic heterocycles. The predicted octanol–water partition coefficient (Wildman–Crippen LogP) is -0.294. The van der Waals surface area contributed by atoms with Gasteiger partial charge in [0.25, 0.3) is 5.95 Å². The first-order chi connectivity index (χ1) is 8.81. The van der Waals surface area contributed by atoms with Crippen molar-refractivity contribution in [1.29, 1.82) is 0 Å². The summed E-state index contributed by atoms with van der Waals surface area (Å²) in [6, 6.07) is 3.54. The van der Waals surface area contributed by atoms with Gasteiger partial charge in [0.15, 0.2) is 5.82 Å². The fourth-order valence-electron chi connectivity index (χ4n) is 1.38. The molecule has 90 valence electrons. The van der Waals surface area contributed by atoms with Crippen molar-refractivity contribution in [3.8, 4) is 11.4 Å². The quantitative estimate of drug-likeness (QED) is 0.491. The van der Waals surface area contributed by atoms with Gasteiger partial charge in [0.05, 0.1) is 0 Å². The van der Waals surface area contributed by atoms with Crippen LogP contribution in [-0.2, 0) is 0 Å². The zero-order valence-corrected chi connectivity index (χ0v) is 8.99. The van der Waals surface area contributed by atoms with Crippen molar-refractivity contribution in [1.82, 2.24) is 40.8 Å². The van der Waals surface area contributed by atoms with Gasteiger partial charge in [0, 0.05) is 11.8 Å². The number of nitrogens with zero attached hydrogens (tertiary/aromatic N) is 6. The molecule has 0 aliphatic rings. The number of nitrogens with two attached hydrogens (primary N) is 1. The maximum Gasteiger partial charge on any atom is 0.268 e. The molecule has 0 bridgehead atoms. The van der Waals surface area contributed by atoms with Gasteiger partial charge in [0.2, 0.25) is 5.95 Å². The van der Waals surface area contributed by atoms with Gasteiger partial charge in [0.1, 0.15) is 5.82 Å². The Labute approximate surface area is 100 Å². The Bertz CT molecular complexity index is 641. The van der Waals surface area contributed by atoms with Crippen molar-refractivity contribution in [3.63, 3.8) is 0 Å². The van der Waals surface area contributed by atoms with E-state index in [0.717, 1.165) is 5.56 Å². The molecule has 0 spiro atoms. The first kappa shape index (κ1) is 10.1. The van der Waals surface area contributed by atoms with E-state index in [4.69, 9.17) is 5.73 Å². The number of hydrogen-bond donors (Lipinski definition) is 4. The molecular weight excluding hydrogens is 236 g/mol. The van der Waals surface area contributed by atoms with Gasteiger partial charge < -0.3 is 11.1 Å². The van der Waals surface area contributed by atoms with Gasteiger partial charge in [-0.05, 0) is 17.3 Å². The van der Waals surface area contributed by atoms with Crippen molar-refractivity contribution >= 4 is 17.7 Å². The molecule has 5 N–H and O–H groups in total. The zero-order chi connectivity index (χ0) is 12.4. The molecule has 0 aromatic carbocycles. The second kappa shape index (κ2) is 4.08. The van der Waals surface area contributed by atoms with Gasteiger partial charge in [-0.25, -0.2) is 4.98 Å². The summed E-state index contributed by atoms with van der Waals surface area (Å²) in [4.78, 5) is 8.15. The third-order valence-electron chi connectivity index (χ3n) is 2.12. The topological polar surface area (TPSA) is 147 Å². The summed E-state index contributed by atoms with van der Waals surface area (Å²) < 4.78 is 0. The summed E-state index contributed by atoms with van der Waals surface area (Å²) in [6.45, 7) is 0. The van der Waals surface area contributed by atoms with E-state index in [-0.39, 0.29) is 5.95 Å². The number of pyridine rings is 1. The first-order valence-electron chi connectivity index (χ1n) is 4.96. The second-order valence-electron chi connectivity index (χ2n) is 3.33. The highest BCUT2D eigenvalue weighted by atomic mass is 15.5. The van der Waals surface area contributed by atoms with Gasteiger partial charge in [-0.1, -0.05) is 5.10 Å². The van der Waals surface area contributed by atoms with Crippen LogP contribution in [0.5, 0.6) is 0 Å². The predicted molar refractivity (Wildman–Crippen MR) is 61.5 cm³/mol. The Morgan fingerprint density at radius 3 is 2.94 bits per heavy atom. The maximum absolute atomic E-state index is 5.45. The molecule has 0 amide bonds. The van der Waals surface area contributed by atoms with Crippen LogP contribution in [0.3, 0.4) is 0 Å². The molecule has 0 aliphatic carbocycles. The number of aromatic nitrogens is 8. The van der Waals surface area contributed by atoms with Gasteiger partial charge >= 0.3 is 0 Å². The maximum atomic E-state index is 5.45. The average molecular weight is 244 g/mol. The van der Waals surface area contributed by atoms with Crippen molar-refractivity contribution in [3.05, 3.63) is 18.3 Å². The van der Waals surface area contributed by atoms with E-state index in [1.54, 1.807) is 18.3 Å². The number of rotatable bonds is 3. The fourth-order valence-corrected chi connectivity index (χ4v) is 1.38. The molecule has 3 rings (SSSR count). The number of hydrogen-bond acceptors (Lipinski definition) is 8. The van der Waals surface area contributed by atoms with Crippen LogP contribution in [0.2, 0.25) is 0 Å². The lowest BCUT2D eigenvalue weighted by Crippen LogP contribution is -1.96. The van der Waals surface area contributed by atoms with Gasteiger partial charge in [-0.15, -0.1) is 10.2 Å². The van der Waals surface area contributed by atoms with Crippen LogP contribution in [0, 0.1) is 0 Å². The standard InChI is InChI=1S/C8H8N10/c9-7-12-6(13-14-7)4-1-2-10-5(3-4)11-8-15-17-18-16-8/h1-3H,(H3,9,12,13,14)(H2,10,11,15,16,17,18). The first-order valence-corrected chi connectivity index (χ1v) is 4.96. The van der Waals surface area contributed by atoms with E-state index < -0.39 is 0 Å². The van der Waals surface area contributed by atoms with E-state index in [9.17, 15) is 0 Å². The third-order valence-corrected chi connectivity index (χ3v) is 2.12. The minimum absolute atomic E-state index is 0.189. The van der Waals surface area contributed by atoms with Crippen LogP contribution in [0.15, 0.2) is 18.3 Å². The van der Waals surface area contributed by atoms with E-state index in [1.807, 2.05) is 0 Å². The number of nitrogens with one attached hydrogen (secondary N) is 3. The Kier molecular flexibility index (Phi) is 2.30. The minimum Gasteiger partial charge on any atom is -0.366 e. The fraction of sp³-hybridized carbons (Fsp3) is 0. The number of H-pyrrole nitrogens is 2. The summed E-state index contributed by atoms with van der Waals surface area (Å²) in [5.74, 6) is 1.64. The van der Waals surface area contributed by atoms with E-state index >= 15 is 0 Å². The molecule has 10 nitrogen and oxygen atoms in total. The number of tetrazole rings is 1. The molecule has 0 saturated carbocycles. The molecule has 10 heteroatoms. The third kappa shape index (κ3) is 1.93. The molecule has 3 aromatic heterocycles. The highest BCUT2D eigenvalue weighted by Gasteiger charge is 2.06. The summed E-state index contributed by atoms with van der Waals surface area (Å²) >= 11 is 0. The number of nitrogen functional groups attached to an aromatic ring is 1. The van der Waals surface area contributed by atoms with Crippen molar-refractivity contribution < 1.29 is 0 Å². The lowest BCUT2D eigenvalue weighted by molar-refractivity contribution is 0.881. The lowest BCUT2D eigenvalue weighted by atomic mass is 10.2. The second-order valence-corrected chi connectivity index (χ2v) is 3.33. The Hall–Kier alpha value is -3.04. The highest BCUT2D eigenvalue weighted by Crippen LogP contribution is 2.18. The van der Waals surface area contributed by atoms with E-state index in [1.165, 1.54) is 0 Å². The van der Waals surface area contributed by atoms with E-state index in [2.05, 4.69) is 46.1 Å². The summed E-state index contributed by atoms with van der Waals surface area (Å²) in [7, 11) is 0. The van der Waals surface area contributed by atoms with Crippen molar-refractivity contribution in [2.45, 2.75) is 0 Å². The van der Waals surface area contributed by atoms with Crippen LogP contribution >= 0.6 is 0 Å². The summed E-state index contributed by atoms with van der Waals surface area (Å²) in [5, 5.41) is 22.6. The lowest BCUT2D eigenvalue weighted by Gasteiger charge is -2.01. The Morgan fingerprint density at radius 1 is 1.28 bits per heavy atom. The molecule has 0 saturated heterocycles. The molecule has 18 heavy (non-hydrogen) atoms. The molecule has 3 heterocycles. The largest absolute Gasteiger partial charge is 0.366 e. The van der Waals surface area contributed by atoms with Crippen LogP contribution in [0.1, 0.15) is 0 Å². The molecule has 3 aromatic rings. The molecule has 0 radical (unpaired) electrons. The average Bonchev–Trinajstić information content (AvgIpc) is 3.01. The molecule has 0 atom stereocenters. The number of aromatic amines is 2. The summed E-state index contributed by atoms with van der Waals surface area (Å²) in [5.41, 5.74) is 6.24. The highest BCUT2D eigenvalue weighted by molar-refractivity contribution is 5.61.